The number of thioether (sulfide) groups is 1. The molecule has 0 aliphatic heterocycles. The van der Waals surface area contributed by atoms with Crippen LogP contribution in [0.1, 0.15) is 10.4 Å². The standard InChI is InChI=1S/C8H11N3O2S/c1-9-8-10-4-5(7(12)13-2)6(11-8)14-3/h4H,1-3H3,(H,9,10,11). The predicted octanol–water partition coefficient (Wildman–Crippen LogP) is 1.03. The van der Waals surface area contributed by atoms with Crippen molar-refractivity contribution in [3.63, 3.8) is 0 Å². The molecule has 0 saturated heterocycles. The number of carbonyl (C=O) groups excluding carboxylic acids is 1. The van der Waals surface area contributed by atoms with Crippen LogP contribution in [0.2, 0.25) is 0 Å². The van der Waals surface area contributed by atoms with Gasteiger partial charge in [-0.2, -0.15) is 0 Å². The van der Waals surface area contributed by atoms with E-state index in [1.165, 1.54) is 25.1 Å². The Bertz CT molecular complexity index is 343. The quantitative estimate of drug-likeness (QED) is 0.459. The van der Waals surface area contributed by atoms with Gasteiger partial charge < -0.3 is 10.1 Å². The van der Waals surface area contributed by atoms with Crippen LogP contribution in [-0.2, 0) is 4.74 Å². The van der Waals surface area contributed by atoms with Gasteiger partial charge in [-0.15, -0.1) is 11.8 Å². The van der Waals surface area contributed by atoms with Crippen molar-refractivity contribution >= 4 is 23.7 Å². The van der Waals surface area contributed by atoms with Gasteiger partial charge in [0.1, 0.15) is 10.6 Å². The summed E-state index contributed by atoms with van der Waals surface area (Å²) >= 11 is 1.38. The lowest BCUT2D eigenvalue weighted by atomic mass is 10.3. The lowest BCUT2D eigenvalue weighted by Crippen LogP contribution is -2.07. The summed E-state index contributed by atoms with van der Waals surface area (Å²) in [6.45, 7) is 0. The minimum Gasteiger partial charge on any atom is -0.465 e. The third-order valence-corrected chi connectivity index (χ3v) is 2.27. The molecule has 1 heterocycles. The van der Waals surface area contributed by atoms with Gasteiger partial charge in [0.2, 0.25) is 5.95 Å². The van der Waals surface area contributed by atoms with Crippen LogP contribution in [0, 0.1) is 0 Å². The molecule has 0 radical (unpaired) electrons. The fraction of sp³-hybridized carbons (Fsp3) is 0.375. The van der Waals surface area contributed by atoms with E-state index in [9.17, 15) is 4.79 Å². The van der Waals surface area contributed by atoms with Crippen LogP contribution in [0.5, 0.6) is 0 Å². The molecule has 76 valence electrons. The minimum absolute atomic E-state index is 0.388. The molecule has 5 nitrogen and oxygen atoms in total. The van der Waals surface area contributed by atoms with Gasteiger partial charge in [0.05, 0.1) is 7.11 Å². The highest BCUT2D eigenvalue weighted by Crippen LogP contribution is 2.18. The predicted molar refractivity (Wildman–Crippen MR) is 54.7 cm³/mol. The third-order valence-electron chi connectivity index (χ3n) is 1.58. The maximum Gasteiger partial charge on any atom is 0.342 e. The van der Waals surface area contributed by atoms with Gasteiger partial charge in [-0.1, -0.05) is 0 Å². The fourth-order valence-corrected chi connectivity index (χ4v) is 1.43. The fourth-order valence-electron chi connectivity index (χ4n) is 0.892. The van der Waals surface area contributed by atoms with Gasteiger partial charge in [-0.05, 0) is 6.26 Å². The van der Waals surface area contributed by atoms with E-state index >= 15 is 0 Å². The number of anilines is 1. The number of nitrogens with zero attached hydrogens (tertiary/aromatic N) is 2. The maximum absolute atomic E-state index is 11.3. The van der Waals surface area contributed by atoms with Gasteiger partial charge >= 0.3 is 5.97 Å². The number of nitrogens with one attached hydrogen (secondary N) is 1. The Balaban J connectivity index is 3.11. The largest absolute Gasteiger partial charge is 0.465 e. The van der Waals surface area contributed by atoms with Gasteiger partial charge in [-0.25, -0.2) is 14.8 Å². The first-order valence-electron chi connectivity index (χ1n) is 3.90. The molecule has 0 aliphatic rings. The summed E-state index contributed by atoms with van der Waals surface area (Å²) in [5, 5.41) is 3.41. The van der Waals surface area contributed by atoms with Gasteiger partial charge in [0.15, 0.2) is 0 Å². The molecule has 6 heteroatoms. The lowest BCUT2D eigenvalue weighted by molar-refractivity contribution is 0.0595. The number of hydrogen-bond acceptors (Lipinski definition) is 6. The number of aromatic nitrogens is 2. The Morgan fingerprint density at radius 1 is 1.64 bits per heavy atom. The van der Waals surface area contributed by atoms with Crippen LogP contribution >= 0.6 is 11.8 Å². The number of hydrogen-bond donors (Lipinski definition) is 1. The molecule has 1 rings (SSSR count). The molecule has 0 bridgehead atoms. The van der Waals surface area contributed by atoms with Crippen molar-refractivity contribution in [1.29, 1.82) is 0 Å². The first kappa shape index (κ1) is 10.8. The van der Waals surface area contributed by atoms with Gasteiger partial charge in [0.25, 0.3) is 0 Å². The summed E-state index contributed by atoms with van der Waals surface area (Å²) in [6, 6.07) is 0. The Morgan fingerprint density at radius 2 is 2.36 bits per heavy atom. The normalized spacial score (nSPS) is 9.64. The second-order valence-corrected chi connectivity index (χ2v) is 3.15. The Morgan fingerprint density at radius 3 is 2.86 bits per heavy atom. The summed E-state index contributed by atoms with van der Waals surface area (Å²) in [5.41, 5.74) is 0.388. The second kappa shape index (κ2) is 4.80. The van der Waals surface area contributed by atoms with Crippen LogP contribution in [0.3, 0.4) is 0 Å². The molecule has 1 aromatic rings. The zero-order chi connectivity index (χ0) is 10.6. The van der Waals surface area contributed by atoms with Crippen LogP contribution in [-0.4, -0.2) is 36.4 Å². The maximum atomic E-state index is 11.3. The Hall–Kier alpha value is -1.30. The Kier molecular flexibility index (Phi) is 3.70. The summed E-state index contributed by atoms with van der Waals surface area (Å²) in [4.78, 5) is 19.3. The van der Waals surface area contributed by atoms with E-state index in [0.29, 0.717) is 16.5 Å². The summed E-state index contributed by atoms with van der Waals surface area (Å²) in [7, 11) is 3.05. The third kappa shape index (κ3) is 2.14. The number of methoxy groups -OCH3 is 1. The number of ether oxygens (including phenoxy) is 1. The SMILES string of the molecule is CNc1ncc(C(=O)OC)c(SC)n1. The molecule has 0 fully saturated rings. The van der Waals surface area contributed by atoms with Crippen LogP contribution in [0.15, 0.2) is 11.2 Å². The molecular formula is C8H11N3O2S. The first-order chi connectivity index (χ1) is 6.72. The molecule has 0 unspecified atom stereocenters. The number of rotatable bonds is 3. The van der Waals surface area contributed by atoms with Crippen LogP contribution in [0.25, 0.3) is 0 Å². The highest BCUT2D eigenvalue weighted by Gasteiger charge is 2.13. The monoisotopic (exact) mass is 213 g/mol. The molecule has 1 aromatic heterocycles. The van der Waals surface area contributed by atoms with Crippen molar-refractivity contribution in [1.82, 2.24) is 9.97 Å². The minimum atomic E-state index is -0.419. The highest BCUT2D eigenvalue weighted by molar-refractivity contribution is 7.98. The number of carbonyl (C=O) groups is 1. The topological polar surface area (TPSA) is 64.1 Å². The van der Waals surface area contributed by atoms with Crippen LogP contribution in [0.4, 0.5) is 5.95 Å². The van der Waals surface area contributed by atoms with E-state index in [1.54, 1.807) is 7.05 Å². The zero-order valence-corrected chi connectivity index (χ0v) is 9.01. The molecule has 0 aromatic carbocycles. The highest BCUT2D eigenvalue weighted by atomic mass is 32.2. The average molecular weight is 213 g/mol. The Labute approximate surface area is 86.3 Å². The van der Waals surface area contributed by atoms with E-state index in [0.717, 1.165) is 0 Å². The zero-order valence-electron chi connectivity index (χ0n) is 8.20. The van der Waals surface area contributed by atoms with Crippen molar-refractivity contribution in [2.24, 2.45) is 0 Å². The van der Waals surface area contributed by atoms with E-state index in [2.05, 4.69) is 20.0 Å². The molecular weight excluding hydrogens is 202 g/mol. The van der Waals surface area contributed by atoms with Crippen LogP contribution < -0.4 is 5.32 Å². The molecule has 0 atom stereocenters. The van der Waals surface area contributed by atoms with E-state index < -0.39 is 5.97 Å². The molecule has 0 spiro atoms. The van der Waals surface area contributed by atoms with Crippen molar-refractivity contribution in [2.45, 2.75) is 5.03 Å². The van der Waals surface area contributed by atoms with Crippen molar-refractivity contribution in [3.8, 4) is 0 Å². The molecule has 0 aliphatic carbocycles. The molecule has 1 N–H and O–H groups in total. The van der Waals surface area contributed by atoms with Gasteiger partial charge in [0, 0.05) is 13.2 Å². The summed E-state index contributed by atoms with van der Waals surface area (Å²) in [6.07, 6.45) is 3.30. The van der Waals surface area contributed by atoms with Gasteiger partial charge in [-0.3, -0.25) is 0 Å². The van der Waals surface area contributed by atoms with E-state index in [-0.39, 0.29) is 0 Å². The lowest BCUT2D eigenvalue weighted by Gasteiger charge is -2.05. The first-order valence-corrected chi connectivity index (χ1v) is 5.12. The van der Waals surface area contributed by atoms with Crippen molar-refractivity contribution < 1.29 is 9.53 Å². The number of esters is 1. The van der Waals surface area contributed by atoms with Crippen molar-refractivity contribution in [2.75, 3.05) is 25.7 Å². The molecule has 0 amide bonds. The molecule has 0 saturated carbocycles. The van der Waals surface area contributed by atoms with E-state index in [4.69, 9.17) is 0 Å². The van der Waals surface area contributed by atoms with E-state index in [1.807, 2.05) is 6.26 Å². The average Bonchev–Trinajstić information content (AvgIpc) is 2.27. The summed E-state index contributed by atoms with van der Waals surface area (Å²) < 4.78 is 4.60. The van der Waals surface area contributed by atoms with Crippen molar-refractivity contribution in [3.05, 3.63) is 11.8 Å². The second-order valence-electron chi connectivity index (χ2n) is 2.36. The smallest absolute Gasteiger partial charge is 0.342 e. The molecule has 14 heavy (non-hydrogen) atoms. The summed E-state index contributed by atoms with van der Waals surface area (Å²) in [5.74, 6) is 0.0685.